The molecule has 1 amide bonds. The van der Waals surface area contributed by atoms with E-state index >= 15 is 0 Å². The molecule has 150 valence electrons. The number of piperidine rings is 1. The van der Waals surface area contributed by atoms with Crippen molar-refractivity contribution in [2.24, 2.45) is 0 Å². The summed E-state index contributed by atoms with van der Waals surface area (Å²) in [4.78, 5) is 14.7. The lowest BCUT2D eigenvalue weighted by Crippen LogP contribution is -2.48. The summed E-state index contributed by atoms with van der Waals surface area (Å²) in [6, 6.07) is 13.2. The number of rotatable bonds is 4. The minimum absolute atomic E-state index is 0.175. The lowest BCUT2D eigenvalue weighted by atomic mass is 9.85. The molecular formula is C22H22FN3O3. The SMILES string of the molecule is COc1ccccc1C1(O)CCCN(C(=O)c2cnn(-c3ccc(F)cc3)c2)C1. The monoisotopic (exact) mass is 395 g/mol. The van der Waals surface area contributed by atoms with Gasteiger partial charge in [0.2, 0.25) is 0 Å². The summed E-state index contributed by atoms with van der Waals surface area (Å²) in [6.45, 7) is 0.728. The van der Waals surface area contributed by atoms with Gasteiger partial charge in [-0.3, -0.25) is 4.79 Å². The highest BCUT2D eigenvalue weighted by Crippen LogP contribution is 2.37. The fourth-order valence-corrected chi connectivity index (χ4v) is 3.81. The third-order valence-electron chi connectivity index (χ3n) is 5.29. The first kappa shape index (κ1) is 19.1. The molecule has 1 saturated heterocycles. The highest BCUT2D eigenvalue weighted by Gasteiger charge is 2.39. The number of amides is 1. The summed E-state index contributed by atoms with van der Waals surface area (Å²) in [5, 5.41) is 15.5. The molecule has 0 bridgehead atoms. The van der Waals surface area contributed by atoms with Gasteiger partial charge in [-0.1, -0.05) is 18.2 Å². The van der Waals surface area contributed by atoms with Crippen molar-refractivity contribution in [3.63, 3.8) is 0 Å². The number of hydrogen-bond donors (Lipinski definition) is 1. The molecule has 6 nitrogen and oxygen atoms in total. The largest absolute Gasteiger partial charge is 0.496 e. The van der Waals surface area contributed by atoms with Gasteiger partial charge in [-0.05, 0) is 43.2 Å². The van der Waals surface area contributed by atoms with Crippen LogP contribution >= 0.6 is 0 Å². The summed E-state index contributed by atoms with van der Waals surface area (Å²) < 4.78 is 20.1. The molecule has 0 radical (unpaired) electrons. The highest BCUT2D eigenvalue weighted by molar-refractivity contribution is 5.94. The van der Waals surface area contributed by atoms with Crippen LogP contribution in [0.4, 0.5) is 4.39 Å². The van der Waals surface area contributed by atoms with E-state index in [2.05, 4.69) is 5.10 Å². The Morgan fingerprint density at radius 2 is 1.97 bits per heavy atom. The molecule has 1 atom stereocenters. The molecule has 29 heavy (non-hydrogen) atoms. The summed E-state index contributed by atoms with van der Waals surface area (Å²) in [5.41, 5.74) is 0.586. The smallest absolute Gasteiger partial charge is 0.257 e. The molecule has 2 heterocycles. The van der Waals surface area contributed by atoms with Crippen molar-refractivity contribution < 1.29 is 19.0 Å². The first-order chi connectivity index (χ1) is 14.0. The average molecular weight is 395 g/mol. The molecule has 7 heteroatoms. The summed E-state index contributed by atoms with van der Waals surface area (Å²) >= 11 is 0. The Hall–Kier alpha value is -3.19. The van der Waals surface area contributed by atoms with Crippen LogP contribution in [0, 0.1) is 5.82 Å². The number of aromatic nitrogens is 2. The Labute approximate surface area is 168 Å². The van der Waals surface area contributed by atoms with Crippen LogP contribution in [0.25, 0.3) is 5.69 Å². The van der Waals surface area contributed by atoms with E-state index in [4.69, 9.17) is 4.74 Å². The standard InChI is InChI=1S/C22H22FN3O3/c1-29-20-6-3-2-5-19(20)22(28)11-4-12-25(15-22)21(27)16-13-24-26(14-16)18-9-7-17(23)8-10-18/h2-3,5-10,13-14,28H,4,11-12,15H2,1H3. The summed E-state index contributed by atoms with van der Waals surface area (Å²) in [6.07, 6.45) is 4.33. The molecule has 0 aliphatic carbocycles. The van der Waals surface area contributed by atoms with Crippen LogP contribution in [0.15, 0.2) is 60.9 Å². The number of para-hydroxylation sites is 1. The van der Waals surface area contributed by atoms with Crippen molar-refractivity contribution in [2.45, 2.75) is 18.4 Å². The number of carbonyl (C=O) groups excluding carboxylic acids is 1. The van der Waals surface area contributed by atoms with Crippen LogP contribution in [-0.4, -0.2) is 45.9 Å². The molecule has 3 aromatic rings. The van der Waals surface area contributed by atoms with E-state index in [1.807, 2.05) is 18.2 Å². The van der Waals surface area contributed by atoms with Crippen molar-refractivity contribution in [3.8, 4) is 11.4 Å². The zero-order valence-electron chi connectivity index (χ0n) is 16.1. The van der Waals surface area contributed by atoms with E-state index in [-0.39, 0.29) is 18.3 Å². The van der Waals surface area contributed by atoms with Gasteiger partial charge < -0.3 is 14.7 Å². The van der Waals surface area contributed by atoms with E-state index in [1.54, 1.807) is 36.4 Å². The van der Waals surface area contributed by atoms with Crippen LogP contribution in [0.2, 0.25) is 0 Å². The van der Waals surface area contributed by atoms with Gasteiger partial charge in [0.05, 0.1) is 31.1 Å². The molecule has 1 aromatic heterocycles. The molecule has 4 rings (SSSR count). The molecule has 0 saturated carbocycles. The van der Waals surface area contributed by atoms with Gasteiger partial charge in [0, 0.05) is 18.3 Å². The minimum atomic E-state index is -1.17. The van der Waals surface area contributed by atoms with Gasteiger partial charge in [-0.25, -0.2) is 9.07 Å². The molecule has 1 fully saturated rings. The summed E-state index contributed by atoms with van der Waals surface area (Å²) in [5.74, 6) is 0.0703. The first-order valence-corrected chi connectivity index (χ1v) is 9.46. The Morgan fingerprint density at radius 1 is 1.21 bits per heavy atom. The molecule has 1 aliphatic rings. The predicted molar refractivity (Wildman–Crippen MR) is 106 cm³/mol. The zero-order chi connectivity index (χ0) is 20.4. The molecule has 2 aromatic carbocycles. The normalized spacial score (nSPS) is 19.2. The van der Waals surface area contributed by atoms with Crippen molar-refractivity contribution in [1.82, 2.24) is 14.7 Å². The predicted octanol–water partition coefficient (Wildman–Crippen LogP) is 3.14. The van der Waals surface area contributed by atoms with Gasteiger partial charge in [-0.15, -0.1) is 0 Å². The number of hydrogen-bond acceptors (Lipinski definition) is 4. The van der Waals surface area contributed by atoms with E-state index in [1.165, 1.54) is 23.0 Å². The van der Waals surface area contributed by atoms with Crippen LogP contribution in [-0.2, 0) is 5.60 Å². The fourth-order valence-electron chi connectivity index (χ4n) is 3.81. The number of nitrogens with zero attached hydrogens (tertiary/aromatic N) is 3. The van der Waals surface area contributed by atoms with Crippen LogP contribution in [0.3, 0.4) is 0 Å². The highest BCUT2D eigenvalue weighted by atomic mass is 19.1. The van der Waals surface area contributed by atoms with Crippen LogP contribution < -0.4 is 4.74 Å². The molecular weight excluding hydrogens is 373 g/mol. The van der Waals surface area contributed by atoms with E-state index < -0.39 is 5.60 Å². The Morgan fingerprint density at radius 3 is 2.72 bits per heavy atom. The van der Waals surface area contributed by atoms with E-state index in [9.17, 15) is 14.3 Å². The van der Waals surface area contributed by atoms with E-state index in [0.29, 0.717) is 42.0 Å². The Kier molecular flexibility index (Phi) is 5.07. The number of aliphatic hydroxyl groups is 1. The van der Waals surface area contributed by atoms with Crippen molar-refractivity contribution in [3.05, 3.63) is 77.9 Å². The molecule has 1 aliphatic heterocycles. The number of ether oxygens (including phenoxy) is 1. The number of halogens is 1. The van der Waals surface area contributed by atoms with Crippen LogP contribution in [0.1, 0.15) is 28.8 Å². The fraction of sp³-hybridized carbons (Fsp3) is 0.273. The maximum absolute atomic E-state index is 13.1. The first-order valence-electron chi connectivity index (χ1n) is 9.46. The second kappa shape index (κ2) is 7.67. The number of β-amino-alcohol motifs (C(OH)–C–C–N with tert-alkyl or cyclic N) is 1. The molecule has 1 unspecified atom stereocenters. The van der Waals surface area contributed by atoms with Crippen molar-refractivity contribution in [2.75, 3.05) is 20.2 Å². The lowest BCUT2D eigenvalue weighted by Gasteiger charge is -2.40. The Balaban J connectivity index is 1.56. The van der Waals surface area contributed by atoms with Gasteiger partial charge >= 0.3 is 0 Å². The zero-order valence-corrected chi connectivity index (χ0v) is 16.1. The maximum atomic E-state index is 13.1. The Bertz CT molecular complexity index is 1020. The van der Waals surface area contributed by atoms with Gasteiger partial charge in [0.1, 0.15) is 17.2 Å². The maximum Gasteiger partial charge on any atom is 0.257 e. The topological polar surface area (TPSA) is 67.6 Å². The van der Waals surface area contributed by atoms with Crippen molar-refractivity contribution >= 4 is 5.91 Å². The third kappa shape index (κ3) is 3.73. The minimum Gasteiger partial charge on any atom is -0.496 e. The van der Waals surface area contributed by atoms with Crippen molar-refractivity contribution in [1.29, 1.82) is 0 Å². The number of benzene rings is 2. The number of methoxy groups -OCH3 is 1. The van der Waals surface area contributed by atoms with E-state index in [0.717, 1.165) is 0 Å². The van der Waals surface area contributed by atoms with Gasteiger partial charge in [-0.2, -0.15) is 5.10 Å². The second-order valence-electron chi connectivity index (χ2n) is 7.21. The third-order valence-corrected chi connectivity index (χ3v) is 5.29. The van der Waals surface area contributed by atoms with Gasteiger partial charge in [0.25, 0.3) is 5.91 Å². The quantitative estimate of drug-likeness (QED) is 0.737. The molecule has 1 N–H and O–H groups in total. The summed E-state index contributed by atoms with van der Waals surface area (Å²) in [7, 11) is 1.57. The van der Waals surface area contributed by atoms with Crippen LogP contribution in [0.5, 0.6) is 5.75 Å². The number of likely N-dealkylation sites (tertiary alicyclic amines) is 1. The molecule has 0 spiro atoms. The average Bonchev–Trinajstić information content (AvgIpc) is 3.24. The van der Waals surface area contributed by atoms with Gasteiger partial charge in [0.15, 0.2) is 0 Å². The number of carbonyl (C=O) groups is 1. The lowest BCUT2D eigenvalue weighted by molar-refractivity contribution is -0.0303. The second-order valence-corrected chi connectivity index (χ2v) is 7.21.